The van der Waals surface area contributed by atoms with Crippen LogP contribution >= 0.6 is 0 Å². The summed E-state index contributed by atoms with van der Waals surface area (Å²) in [7, 11) is 0. The highest BCUT2D eigenvalue weighted by molar-refractivity contribution is 6.03. The van der Waals surface area contributed by atoms with Crippen molar-refractivity contribution in [2.24, 2.45) is 0 Å². The molecule has 1 saturated heterocycles. The number of aliphatic hydroxyl groups is 2. The van der Waals surface area contributed by atoms with E-state index in [1.54, 1.807) is 37.3 Å². The van der Waals surface area contributed by atoms with Crippen LogP contribution in [0.1, 0.15) is 22.1 Å². The topological polar surface area (TPSA) is 114 Å². The molecule has 0 radical (unpaired) electrons. The number of nitrogens with zero attached hydrogens (tertiary/aromatic N) is 2. The first kappa shape index (κ1) is 18.2. The molecule has 1 aliphatic heterocycles. The van der Waals surface area contributed by atoms with Crippen molar-refractivity contribution >= 4 is 11.7 Å². The van der Waals surface area contributed by atoms with Gasteiger partial charge >= 0.3 is 5.69 Å². The lowest BCUT2D eigenvalue weighted by atomic mass is 10.1. The molecule has 0 spiro atoms. The van der Waals surface area contributed by atoms with Crippen molar-refractivity contribution in [1.29, 1.82) is 0 Å². The Morgan fingerprint density at radius 3 is 2.69 bits per heavy atom. The fraction of sp³-hybridized carbons (Fsp3) is 0.353. The van der Waals surface area contributed by atoms with Crippen LogP contribution in [0.3, 0.4) is 0 Å². The number of alkyl halides is 1. The van der Waals surface area contributed by atoms with E-state index < -0.39 is 42.8 Å². The molecule has 9 heteroatoms. The van der Waals surface area contributed by atoms with Crippen molar-refractivity contribution < 1.29 is 24.1 Å². The zero-order valence-electron chi connectivity index (χ0n) is 13.9. The molecule has 2 aromatic rings. The van der Waals surface area contributed by atoms with Crippen molar-refractivity contribution in [3.05, 3.63) is 58.1 Å². The molecule has 3 N–H and O–H groups in total. The number of carbonyl (C=O) groups is 1. The Kier molecular flexibility index (Phi) is 5.12. The third-order valence-corrected chi connectivity index (χ3v) is 4.15. The van der Waals surface area contributed by atoms with Crippen molar-refractivity contribution in [2.45, 2.75) is 31.5 Å². The van der Waals surface area contributed by atoms with Gasteiger partial charge < -0.3 is 20.3 Å². The number of amides is 1. The number of carbonyl (C=O) groups excluding carboxylic acids is 1. The van der Waals surface area contributed by atoms with Gasteiger partial charge in [0.15, 0.2) is 12.4 Å². The molecule has 8 nitrogen and oxygen atoms in total. The summed E-state index contributed by atoms with van der Waals surface area (Å²) in [6, 6.07) is 8.40. The second-order valence-corrected chi connectivity index (χ2v) is 5.97. The molecule has 26 heavy (non-hydrogen) atoms. The molecule has 1 amide bonds. The molecule has 1 fully saturated rings. The zero-order valence-corrected chi connectivity index (χ0v) is 13.9. The number of aromatic nitrogens is 2. The van der Waals surface area contributed by atoms with Gasteiger partial charge in [-0.3, -0.25) is 9.36 Å². The molecule has 0 bridgehead atoms. The van der Waals surface area contributed by atoms with E-state index in [9.17, 15) is 19.1 Å². The van der Waals surface area contributed by atoms with E-state index in [4.69, 9.17) is 9.84 Å². The van der Waals surface area contributed by atoms with Gasteiger partial charge in [0, 0.05) is 17.3 Å². The maximum Gasteiger partial charge on any atom is 0.351 e. The third kappa shape index (κ3) is 3.36. The SMILES string of the molecule is Cc1cn([C@@H]2O[C@H](CO)C(O)[C@@H]2F)c(=O)nc1NC(=O)c1ccccc1. The number of anilines is 1. The van der Waals surface area contributed by atoms with Crippen LogP contribution in [0, 0.1) is 6.92 Å². The first-order valence-corrected chi connectivity index (χ1v) is 7.97. The average Bonchev–Trinajstić information content (AvgIpc) is 2.93. The molecule has 4 atom stereocenters. The quantitative estimate of drug-likeness (QED) is 0.724. The van der Waals surface area contributed by atoms with E-state index in [0.29, 0.717) is 11.1 Å². The molecule has 0 aliphatic carbocycles. The number of aliphatic hydroxyl groups excluding tert-OH is 2. The van der Waals surface area contributed by atoms with Crippen molar-refractivity contribution in [2.75, 3.05) is 11.9 Å². The van der Waals surface area contributed by atoms with Crippen molar-refractivity contribution in [3.8, 4) is 0 Å². The highest BCUT2D eigenvalue weighted by Crippen LogP contribution is 2.31. The minimum atomic E-state index is -1.89. The van der Waals surface area contributed by atoms with E-state index in [1.807, 2.05) is 0 Å². The summed E-state index contributed by atoms with van der Waals surface area (Å²) in [4.78, 5) is 28.2. The zero-order chi connectivity index (χ0) is 18.8. The largest absolute Gasteiger partial charge is 0.394 e. The Labute approximate surface area is 147 Å². The van der Waals surface area contributed by atoms with Crippen LogP contribution in [0.25, 0.3) is 0 Å². The molecule has 1 aromatic carbocycles. The van der Waals surface area contributed by atoms with Crippen LogP contribution in [-0.2, 0) is 4.74 Å². The standard InChI is InChI=1S/C17H18FN3O5/c1-9-7-21(16-12(18)13(23)11(8-22)26-16)17(25)20-14(9)19-15(24)10-5-3-2-4-6-10/h2-7,11-13,16,22-23H,8H2,1H3,(H,19,20,24,25)/t11-,12+,13?,16-/m1/s1. The number of hydrogen-bond donors (Lipinski definition) is 3. The molecule has 0 saturated carbocycles. The van der Waals surface area contributed by atoms with Gasteiger partial charge in [0.05, 0.1) is 6.61 Å². The fourth-order valence-electron chi connectivity index (χ4n) is 2.72. The highest BCUT2D eigenvalue weighted by atomic mass is 19.1. The summed E-state index contributed by atoms with van der Waals surface area (Å²) < 4.78 is 20.3. The molecule has 138 valence electrons. The number of rotatable bonds is 4. The second-order valence-electron chi connectivity index (χ2n) is 5.97. The first-order chi connectivity index (χ1) is 12.4. The Morgan fingerprint density at radius 1 is 1.38 bits per heavy atom. The number of nitrogens with one attached hydrogen (secondary N) is 1. The Balaban J connectivity index is 1.85. The highest BCUT2D eigenvalue weighted by Gasteiger charge is 2.45. The monoisotopic (exact) mass is 363 g/mol. The van der Waals surface area contributed by atoms with Gasteiger partial charge in [0.1, 0.15) is 18.0 Å². The molecular formula is C17H18FN3O5. The summed E-state index contributed by atoms with van der Waals surface area (Å²) in [5.74, 6) is -0.387. The van der Waals surface area contributed by atoms with Gasteiger partial charge in [-0.2, -0.15) is 4.98 Å². The van der Waals surface area contributed by atoms with Gasteiger partial charge in [-0.1, -0.05) is 18.2 Å². The third-order valence-electron chi connectivity index (χ3n) is 4.15. The summed E-state index contributed by atoms with van der Waals surface area (Å²) in [6.07, 6.45) is -4.68. The van der Waals surface area contributed by atoms with Crippen LogP contribution in [0.5, 0.6) is 0 Å². The molecule has 1 aliphatic rings. The molecule has 3 rings (SSSR count). The van der Waals surface area contributed by atoms with Crippen LogP contribution in [0.15, 0.2) is 41.3 Å². The van der Waals surface area contributed by atoms with Crippen molar-refractivity contribution in [1.82, 2.24) is 9.55 Å². The van der Waals surface area contributed by atoms with E-state index in [-0.39, 0.29) is 5.82 Å². The number of ether oxygens (including phenoxy) is 1. The van der Waals surface area contributed by atoms with Crippen LogP contribution in [0.2, 0.25) is 0 Å². The normalized spacial score (nSPS) is 25.2. The predicted molar refractivity (Wildman–Crippen MR) is 89.5 cm³/mol. The van der Waals surface area contributed by atoms with E-state index in [1.165, 1.54) is 6.20 Å². The lowest BCUT2D eigenvalue weighted by Crippen LogP contribution is -2.34. The maximum absolute atomic E-state index is 14.2. The van der Waals surface area contributed by atoms with Crippen molar-refractivity contribution in [3.63, 3.8) is 0 Å². The number of hydrogen-bond acceptors (Lipinski definition) is 6. The molecule has 1 unspecified atom stereocenters. The average molecular weight is 363 g/mol. The molecule has 2 heterocycles. The number of benzene rings is 1. The minimum absolute atomic E-state index is 0.0489. The summed E-state index contributed by atoms with van der Waals surface area (Å²) in [6.45, 7) is 1.01. The Morgan fingerprint density at radius 2 is 2.08 bits per heavy atom. The van der Waals surface area contributed by atoms with Gasteiger partial charge in [-0.05, 0) is 19.1 Å². The van der Waals surface area contributed by atoms with Crippen LogP contribution in [0.4, 0.5) is 10.2 Å². The molecular weight excluding hydrogens is 345 g/mol. The van der Waals surface area contributed by atoms with Gasteiger partial charge in [-0.15, -0.1) is 0 Å². The Hall–Kier alpha value is -2.62. The van der Waals surface area contributed by atoms with Gasteiger partial charge in [-0.25, -0.2) is 9.18 Å². The summed E-state index contributed by atoms with van der Waals surface area (Å²) >= 11 is 0. The van der Waals surface area contributed by atoms with E-state index >= 15 is 0 Å². The maximum atomic E-state index is 14.2. The van der Waals surface area contributed by atoms with Gasteiger partial charge in [0.2, 0.25) is 0 Å². The lowest BCUT2D eigenvalue weighted by molar-refractivity contribution is -0.0491. The first-order valence-electron chi connectivity index (χ1n) is 7.97. The Bertz CT molecular complexity index is 857. The summed E-state index contributed by atoms with van der Waals surface area (Å²) in [5, 5.41) is 21.3. The smallest absolute Gasteiger partial charge is 0.351 e. The summed E-state index contributed by atoms with van der Waals surface area (Å²) in [5.41, 5.74) is -0.0428. The fourth-order valence-corrected chi connectivity index (χ4v) is 2.72. The number of aryl methyl sites for hydroxylation is 1. The van der Waals surface area contributed by atoms with Crippen LogP contribution in [-0.4, -0.2) is 50.7 Å². The van der Waals surface area contributed by atoms with E-state index in [0.717, 1.165) is 4.57 Å². The van der Waals surface area contributed by atoms with Crippen LogP contribution < -0.4 is 11.0 Å². The van der Waals surface area contributed by atoms with Gasteiger partial charge in [0.25, 0.3) is 5.91 Å². The minimum Gasteiger partial charge on any atom is -0.394 e. The van der Waals surface area contributed by atoms with E-state index in [2.05, 4.69) is 10.3 Å². The lowest BCUT2D eigenvalue weighted by Gasteiger charge is -2.17. The second kappa shape index (κ2) is 7.32. The predicted octanol–water partition coefficient (Wildman–Crippen LogP) is 0.393. The molecule has 1 aromatic heterocycles. The number of halogens is 1.